The minimum atomic E-state index is 0.210. The van der Waals surface area contributed by atoms with Crippen molar-refractivity contribution in [3.63, 3.8) is 0 Å². The van der Waals surface area contributed by atoms with Gasteiger partial charge in [0.1, 0.15) is 11.8 Å². The van der Waals surface area contributed by atoms with Crippen molar-refractivity contribution in [2.45, 2.75) is 25.3 Å². The Morgan fingerprint density at radius 1 is 1.37 bits per heavy atom. The maximum Gasteiger partial charge on any atom is 0.121 e. The third kappa shape index (κ3) is 2.82. The summed E-state index contributed by atoms with van der Waals surface area (Å²) in [7, 11) is 3.67. The molecule has 1 aromatic rings. The molecule has 1 aliphatic rings. The quantitative estimate of drug-likeness (QED) is 0.903. The van der Waals surface area contributed by atoms with Crippen LogP contribution in [0.2, 0.25) is 0 Å². The Hall–Kier alpha value is -1.73. The van der Waals surface area contributed by atoms with Crippen LogP contribution in [0.1, 0.15) is 25.3 Å². The number of ether oxygens (including phenoxy) is 1. The minimum absolute atomic E-state index is 0.210. The van der Waals surface area contributed by atoms with Gasteiger partial charge in [-0.3, -0.25) is 0 Å². The molecule has 1 N–H and O–H groups in total. The molecule has 1 fully saturated rings. The van der Waals surface area contributed by atoms with Crippen molar-refractivity contribution in [1.29, 1.82) is 5.26 Å². The predicted molar refractivity (Wildman–Crippen MR) is 76.6 cm³/mol. The monoisotopic (exact) mass is 259 g/mol. The van der Waals surface area contributed by atoms with Crippen LogP contribution >= 0.6 is 0 Å². The topological polar surface area (TPSA) is 48.3 Å². The van der Waals surface area contributed by atoms with Crippen LogP contribution in [0.15, 0.2) is 18.2 Å². The molecule has 0 amide bonds. The molecule has 4 nitrogen and oxygen atoms in total. The normalized spacial score (nSPS) is 17.9. The summed E-state index contributed by atoms with van der Waals surface area (Å²) >= 11 is 0. The zero-order chi connectivity index (χ0) is 13.9. The Balaban J connectivity index is 2.21. The van der Waals surface area contributed by atoms with E-state index in [4.69, 9.17) is 4.74 Å². The number of methoxy groups -OCH3 is 1. The molecule has 0 bridgehead atoms. The van der Waals surface area contributed by atoms with Crippen LogP contribution in [0.25, 0.3) is 0 Å². The lowest BCUT2D eigenvalue weighted by Crippen LogP contribution is -2.50. The Morgan fingerprint density at radius 2 is 2.05 bits per heavy atom. The van der Waals surface area contributed by atoms with E-state index in [1.54, 1.807) is 7.11 Å². The minimum Gasteiger partial charge on any atom is -0.497 e. The standard InChI is InChI=1S/C15H21N3O/c1-15(17-2)6-8-18(9-7-15)14-10-13(19-3)5-4-12(14)11-16/h4-5,10,17H,6-9H2,1-3H3. The van der Waals surface area contributed by atoms with Gasteiger partial charge < -0.3 is 15.0 Å². The second-order valence-electron chi connectivity index (χ2n) is 5.29. The SMILES string of the molecule is CNC1(C)CCN(c2cc(OC)ccc2C#N)CC1. The van der Waals surface area contributed by atoms with Crippen molar-refractivity contribution < 1.29 is 4.74 Å². The highest BCUT2D eigenvalue weighted by atomic mass is 16.5. The first-order valence-electron chi connectivity index (χ1n) is 6.64. The van der Waals surface area contributed by atoms with Crippen molar-refractivity contribution >= 4 is 5.69 Å². The van der Waals surface area contributed by atoms with Crippen molar-refractivity contribution in [1.82, 2.24) is 5.32 Å². The fourth-order valence-electron chi connectivity index (χ4n) is 2.49. The Kier molecular flexibility index (Phi) is 3.96. The number of piperidine rings is 1. The molecule has 0 aromatic heterocycles. The van der Waals surface area contributed by atoms with Crippen LogP contribution in [0, 0.1) is 11.3 Å². The Bertz CT molecular complexity index is 485. The van der Waals surface area contributed by atoms with Crippen molar-refractivity contribution in [3.05, 3.63) is 23.8 Å². The summed E-state index contributed by atoms with van der Waals surface area (Å²) in [6, 6.07) is 7.90. The molecule has 102 valence electrons. The zero-order valence-electron chi connectivity index (χ0n) is 11.9. The number of anilines is 1. The lowest BCUT2D eigenvalue weighted by Gasteiger charge is -2.40. The summed E-state index contributed by atoms with van der Waals surface area (Å²) in [5.41, 5.74) is 1.91. The Morgan fingerprint density at radius 3 is 2.58 bits per heavy atom. The summed E-state index contributed by atoms with van der Waals surface area (Å²) in [5.74, 6) is 0.802. The van der Waals surface area contributed by atoms with E-state index >= 15 is 0 Å². The third-order valence-corrected chi connectivity index (χ3v) is 4.14. The van der Waals surface area contributed by atoms with E-state index in [-0.39, 0.29) is 5.54 Å². The van der Waals surface area contributed by atoms with Crippen LogP contribution in [-0.4, -0.2) is 32.8 Å². The van der Waals surface area contributed by atoms with Gasteiger partial charge >= 0.3 is 0 Å². The fourth-order valence-corrected chi connectivity index (χ4v) is 2.49. The summed E-state index contributed by atoms with van der Waals surface area (Å²) in [4.78, 5) is 2.28. The molecular formula is C15H21N3O. The molecule has 1 saturated heterocycles. The van der Waals surface area contributed by atoms with E-state index in [1.807, 2.05) is 25.2 Å². The molecule has 0 unspecified atom stereocenters. The van der Waals surface area contributed by atoms with E-state index < -0.39 is 0 Å². The highest BCUT2D eigenvalue weighted by Crippen LogP contribution is 2.30. The molecule has 19 heavy (non-hydrogen) atoms. The van der Waals surface area contributed by atoms with E-state index in [0.717, 1.165) is 37.4 Å². The second kappa shape index (κ2) is 5.50. The molecule has 1 aromatic carbocycles. The molecule has 2 rings (SSSR count). The van der Waals surface area contributed by atoms with Gasteiger partial charge in [0.2, 0.25) is 0 Å². The molecule has 0 spiro atoms. The summed E-state index contributed by atoms with van der Waals surface area (Å²) in [6.07, 6.45) is 2.15. The van der Waals surface area contributed by atoms with E-state index in [1.165, 1.54) is 0 Å². The summed E-state index contributed by atoms with van der Waals surface area (Å²) in [6.45, 7) is 4.17. The molecule has 0 radical (unpaired) electrons. The van der Waals surface area contributed by atoms with Gasteiger partial charge in [-0.2, -0.15) is 5.26 Å². The summed E-state index contributed by atoms with van der Waals surface area (Å²) in [5, 5.41) is 12.6. The van der Waals surface area contributed by atoms with Gasteiger partial charge in [0.25, 0.3) is 0 Å². The van der Waals surface area contributed by atoms with Gasteiger partial charge in [-0.1, -0.05) is 0 Å². The number of benzene rings is 1. The average Bonchev–Trinajstić information content (AvgIpc) is 2.47. The van der Waals surface area contributed by atoms with Gasteiger partial charge in [0.15, 0.2) is 0 Å². The third-order valence-electron chi connectivity index (χ3n) is 4.14. The maximum absolute atomic E-state index is 9.23. The first-order valence-corrected chi connectivity index (χ1v) is 6.64. The largest absolute Gasteiger partial charge is 0.497 e. The Labute approximate surface area is 115 Å². The molecule has 0 atom stereocenters. The lowest BCUT2D eigenvalue weighted by molar-refractivity contribution is 0.305. The summed E-state index contributed by atoms with van der Waals surface area (Å²) < 4.78 is 5.26. The van der Waals surface area contributed by atoms with Gasteiger partial charge in [0, 0.05) is 24.7 Å². The smallest absolute Gasteiger partial charge is 0.121 e. The van der Waals surface area contributed by atoms with Crippen LogP contribution < -0.4 is 15.0 Å². The highest BCUT2D eigenvalue weighted by Gasteiger charge is 2.29. The fraction of sp³-hybridized carbons (Fsp3) is 0.533. The van der Waals surface area contributed by atoms with Crippen molar-refractivity contribution in [2.24, 2.45) is 0 Å². The van der Waals surface area contributed by atoms with Crippen LogP contribution in [-0.2, 0) is 0 Å². The number of hydrogen-bond acceptors (Lipinski definition) is 4. The van der Waals surface area contributed by atoms with Gasteiger partial charge in [-0.15, -0.1) is 0 Å². The van der Waals surface area contributed by atoms with E-state index in [2.05, 4.69) is 23.2 Å². The van der Waals surface area contributed by atoms with Crippen LogP contribution in [0.5, 0.6) is 5.75 Å². The number of nitriles is 1. The number of nitrogens with zero attached hydrogens (tertiary/aromatic N) is 2. The first kappa shape index (κ1) is 13.7. The molecule has 4 heteroatoms. The molecule has 1 heterocycles. The average molecular weight is 259 g/mol. The van der Waals surface area contributed by atoms with Crippen LogP contribution in [0.4, 0.5) is 5.69 Å². The van der Waals surface area contributed by atoms with Gasteiger partial charge in [-0.25, -0.2) is 0 Å². The lowest BCUT2D eigenvalue weighted by atomic mass is 9.89. The molecule has 0 aliphatic carbocycles. The van der Waals surface area contributed by atoms with E-state index in [9.17, 15) is 5.26 Å². The molecule has 1 aliphatic heterocycles. The number of hydrogen-bond donors (Lipinski definition) is 1. The van der Waals surface area contributed by atoms with Crippen molar-refractivity contribution in [3.8, 4) is 11.8 Å². The maximum atomic E-state index is 9.23. The van der Waals surface area contributed by atoms with Gasteiger partial charge in [-0.05, 0) is 38.9 Å². The van der Waals surface area contributed by atoms with Crippen molar-refractivity contribution in [2.75, 3.05) is 32.1 Å². The second-order valence-corrected chi connectivity index (χ2v) is 5.29. The number of nitrogens with one attached hydrogen (secondary N) is 1. The first-order chi connectivity index (χ1) is 9.11. The van der Waals surface area contributed by atoms with E-state index in [0.29, 0.717) is 5.56 Å². The predicted octanol–water partition coefficient (Wildman–Crippen LogP) is 2.15. The van der Waals surface area contributed by atoms with Gasteiger partial charge in [0.05, 0.1) is 18.4 Å². The number of rotatable bonds is 3. The van der Waals surface area contributed by atoms with Crippen LogP contribution in [0.3, 0.4) is 0 Å². The zero-order valence-corrected chi connectivity index (χ0v) is 11.9. The molecular weight excluding hydrogens is 238 g/mol. The molecule has 0 saturated carbocycles. The highest BCUT2D eigenvalue weighted by molar-refractivity contribution is 5.62.